The lowest BCUT2D eigenvalue weighted by Gasteiger charge is -2.00. The zero-order valence-corrected chi connectivity index (χ0v) is 13.5. The number of hydrogen-bond donors (Lipinski definition) is 1. The molecular weight excluding hydrogens is 332 g/mol. The highest BCUT2D eigenvalue weighted by Gasteiger charge is 2.12. The molecule has 3 rings (SSSR count). The largest absolute Gasteiger partial charge is 0.293 e. The highest BCUT2D eigenvalue weighted by atomic mass is 32.2. The van der Waals surface area contributed by atoms with Crippen LogP contribution in [-0.2, 0) is 0 Å². The number of hydrogen-bond acceptors (Lipinski definition) is 4. The summed E-state index contributed by atoms with van der Waals surface area (Å²) in [5.41, 5.74) is 2.16. The number of nitrogens with one attached hydrogen (secondary N) is 1. The van der Waals surface area contributed by atoms with E-state index >= 15 is 0 Å². The summed E-state index contributed by atoms with van der Waals surface area (Å²) in [4.78, 5) is 16.3. The van der Waals surface area contributed by atoms with Crippen molar-refractivity contribution in [1.82, 2.24) is 15.2 Å². The van der Waals surface area contributed by atoms with Gasteiger partial charge in [0.2, 0.25) is 5.16 Å². The summed E-state index contributed by atoms with van der Waals surface area (Å²) >= 11 is 1.13. The van der Waals surface area contributed by atoms with Crippen molar-refractivity contribution in [3.63, 3.8) is 0 Å². The van der Waals surface area contributed by atoms with Gasteiger partial charge in [-0.2, -0.15) is 0 Å². The summed E-state index contributed by atoms with van der Waals surface area (Å²) in [6.45, 7) is 2.00. The number of carbonyl (C=O) groups excluding carboxylic acids is 1. The Bertz CT molecular complexity index is 878. The standard InChI is InChI=1S/C17H13F2N3OS/c1-10-2-4-11(5-3-10)16-20-17(22-21-16)24-9-15(23)12-6-7-13(18)14(19)8-12/h2-8H,9H2,1H3,(H,20,21,22). The first kappa shape index (κ1) is 16.3. The van der Waals surface area contributed by atoms with E-state index in [0.717, 1.165) is 35.0 Å². The van der Waals surface area contributed by atoms with Crippen LogP contribution in [0.25, 0.3) is 11.4 Å². The van der Waals surface area contributed by atoms with Crippen LogP contribution in [0.15, 0.2) is 47.6 Å². The number of halogens is 2. The first-order valence-corrected chi connectivity index (χ1v) is 8.12. The molecule has 0 saturated heterocycles. The van der Waals surface area contributed by atoms with Crippen molar-refractivity contribution < 1.29 is 13.6 Å². The van der Waals surface area contributed by atoms with Crippen molar-refractivity contribution in [2.75, 3.05) is 5.75 Å². The van der Waals surface area contributed by atoms with Crippen LogP contribution >= 0.6 is 11.8 Å². The van der Waals surface area contributed by atoms with Crippen molar-refractivity contribution >= 4 is 17.5 Å². The molecule has 0 fully saturated rings. The number of aromatic amines is 1. The van der Waals surface area contributed by atoms with Crippen LogP contribution < -0.4 is 0 Å². The molecule has 3 aromatic rings. The van der Waals surface area contributed by atoms with E-state index < -0.39 is 11.6 Å². The monoisotopic (exact) mass is 345 g/mol. The van der Waals surface area contributed by atoms with Gasteiger partial charge in [-0.15, -0.1) is 5.10 Å². The minimum atomic E-state index is -1.04. The minimum Gasteiger partial charge on any atom is -0.293 e. The maximum atomic E-state index is 13.2. The van der Waals surface area contributed by atoms with E-state index in [1.165, 1.54) is 6.07 Å². The van der Waals surface area contributed by atoms with Gasteiger partial charge in [0.25, 0.3) is 0 Å². The van der Waals surface area contributed by atoms with Crippen LogP contribution in [0.3, 0.4) is 0 Å². The Morgan fingerprint density at radius 3 is 2.58 bits per heavy atom. The summed E-state index contributed by atoms with van der Waals surface area (Å²) in [6, 6.07) is 10.9. The molecule has 1 aromatic heterocycles. The number of carbonyl (C=O) groups is 1. The van der Waals surface area contributed by atoms with E-state index in [2.05, 4.69) is 15.2 Å². The van der Waals surface area contributed by atoms with Crippen molar-refractivity contribution in [3.05, 3.63) is 65.2 Å². The third kappa shape index (κ3) is 3.68. The van der Waals surface area contributed by atoms with Crippen LogP contribution in [0.1, 0.15) is 15.9 Å². The summed E-state index contributed by atoms with van der Waals surface area (Å²) in [5, 5.41) is 7.29. The summed E-state index contributed by atoms with van der Waals surface area (Å²) in [5.74, 6) is -1.68. The molecule has 0 spiro atoms. The SMILES string of the molecule is Cc1ccc(-c2nc(SCC(=O)c3ccc(F)c(F)c3)n[nH]2)cc1. The number of ketones is 1. The quantitative estimate of drug-likeness (QED) is 0.560. The van der Waals surface area contributed by atoms with E-state index in [-0.39, 0.29) is 17.1 Å². The zero-order chi connectivity index (χ0) is 17.1. The Morgan fingerprint density at radius 2 is 1.88 bits per heavy atom. The van der Waals surface area contributed by atoms with Crippen molar-refractivity contribution in [2.45, 2.75) is 12.1 Å². The molecule has 1 heterocycles. The maximum absolute atomic E-state index is 13.2. The van der Waals surface area contributed by atoms with E-state index in [9.17, 15) is 13.6 Å². The predicted molar refractivity (Wildman–Crippen MR) is 88.0 cm³/mol. The van der Waals surface area contributed by atoms with Gasteiger partial charge in [0.05, 0.1) is 5.75 Å². The lowest BCUT2D eigenvalue weighted by atomic mass is 10.1. The summed E-state index contributed by atoms with van der Waals surface area (Å²) in [6.07, 6.45) is 0. The molecule has 0 aliphatic heterocycles. The van der Waals surface area contributed by atoms with Gasteiger partial charge in [0.15, 0.2) is 23.2 Å². The van der Waals surface area contributed by atoms with E-state index in [1.54, 1.807) is 0 Å². The first-order chi connectivity index (χ1) is 11.5. The molecule has 24 heavy (non-hydrogen) atoms. The third-order valence-corrected chi connectivity index (χ3v) is 4.21. The lowest BCUT2D eigenvalue weighted by Crippen LogP contribution is -2.03. The predicted octanol–water partition coefficient (Wildman–Crippen LogP) is 4.03. The van der Waals surface area contributed by atoms with Crippen LogP contribution in [0.4, 0.5) is 8.78 Å². The molecule has 122 valence electrons. The van der Waals surface area contributed by atoms with Gasteiger partial charge >= 0.3 is 0 Å². The number of benzene rings is 2. The van der Waals surface area contributed by atoms with Gasteiger partial charge in [-0.05, 0) is 25.1 Å². The Balaban J connectivity index is 1.65. The number of H-pyrrole nitrogens is 1. The average Bonchev–Trinajstić information content (AvgIpc) is 3.05. The number of aromatic nitrogens is 3. The zero-order valence-electron chi connectivity index (χ0n) is 12.7. The topological polar surface area (TPSA) is 58.6 Å². The Kier molecular flexibility index (Phi) is 4.71. The van der Waals surface area contributed by atoms with E-state index in [1.807, 2.05) is 31.2 Å². The number of nitrogens with zero attached hydrogens (tertiary/aromatic N) is 2. The van der Waals surface area contributed by atoms with Gasteiger partial charge in [-0.1, -0.05) is 41.6 Å². The van der Waals surface area contributed by atoms with Gasteiger partial charge < -0.3 is 0 Å². The molecule has 0 saturated carbocycles. The molecule has 0 radical (unpaired) electrons. The van der Waals surface area contributed by atoms with Crippen molar-refractivity contribution in [1.29, 1.82) is 0 Å². The molecule has 2 aromatic carbocycles. The Morgan fingerprint density at radius 1 is 1.12 bits per heavy atom. The fourth-order valence-electron chi connectivity index (χ4n) is 2.03. The number of thioether (sulfide) groups is 1. The number of aryl methyl sites for hydroxylation is 1. The van der Waals surface area contributed by atoms with Crippen molar-refractivity contribution in [2.24, 2.45) is 0 Å². The van der Waals surface area contributed by atoms with Crippen LogP contribution in [0.5, 0.6) is 0 Å². The molecule has 0 aliphatic carbocycles. The second kappa shape index (κ2) is 6.92. The molecule has 7 heteroatoms. The Hall–Kier alpha value is -2.54. The fourth-order valence-corrected chi connectivity index (χ4v) is 2.73. The van der Waals surface area contributed by atoms with Gasteiger partial charge in [0.1, 0.15) is 0 Å². The molecule has 4 nitrogen and oxygen atoms in total. The second-order valence-corrected chi connectivity index (χ2v) is 6.12. The molecule has 0 unspecified atom stereocenters. The normalized spacial score (nSPS) is 10.8. The second-order valence-electron chi connectivity index (χ2n) is 5.17. The molecule has 0 aliphatic rings. The fraction of sp³-hybridized carbons (Fsp3) is 0.118. The van der Waals surface area contributed by atoms with Crippen LogP contribution in [-0.4, -0.2) is 26.7 Å². The summed E-state index contributed by atoms with van der Waals surface area (Å²) < 4.78 is 26.0. The smallest absolute Gasteiger partial charge is 0.209 e. The highest BCUT2D eigenvalue weighted by molar-refractivity contribution is 7.99. The van der Waals surface area contributed by atoms with E-state index in [0.29, 0.717) is 11.0 Å². The number of Topliss-reactive ketones (excluding diaryl/α,β-unsaturated/α-hetero) is 1. The minimum absolute atomic E-state index is 0.0380. The molecule has 0 bridgehead atoms. The Labute approximate surface area is 141 Å². The molecule has 1 N–H and O–H groups in total. The first-order valence-electron chi connectivity index (χ1n) is 7.13. The summed E-state index contributed by atoms with van der Waals surface area (Å²) in [7, 11) is 0. The van der Waals surface area contributed by atoms with Gasteiger partial charge in [0, 0.05) is 11.1 Å². The van der Waals surface area contributed by atoms with Gasteiger partial charge in [-0.25, -0.2) is 13.8 Å². The van der Waals surface area contributed by atoms with Crippen molar-refractivity contribution in [3.8, 4) is 11.4 Å². The van der Waals surface area contributed by atoms with Gasteiger partial charge in [-0.3, -0.25) is 9.89 Å². The maximum Gasteiger partial charge on any atom is 0.209 e. The lowest BCUT2D eigenvalue weighted by molar-refractivity contribution is 0.102. The number of rotatable bonds is 5. The van der Waals surface area contributed by atoms with Crippen LogP contribution in [0.2, 0.25) is 0 Å². The third-order valence-electron chi connectivity index (χ3n) is 3.36. The molecular formula is C17H13F2N3OS. The van der Waals surface area contributed by atoms with E-state index in [4.69, 9.17) is 0 Å². The highest BCUT2D eigenvalue weighted by Crippen LogP contribution is 2.20. The average molecular weight is 345 g/mol. The molecule has 0 atom stereocenters. The molecule has 0 amide bonds. The van der Waals surface area contributed by atoms with Crippen LogP contribution in [0, 0.1) is 18.6 Å².